The van der Waals surface area contributed by atoms with E-state index in [1.54, 1.807) is 17.4 Å². The number of nitrogens with zero attached hydrogens (tertiary/aromatic N) is 2. The third-order valence-electron chi connectivity index (χ3n) is 3.64. The fourth-order valence-electron chi connectivity index (χ4n) is 2.62. The first-order valence-electron chi connectivity index (χ1n) is 6.94. The molecule has 5 nitrogen and oxygen atoms in total. The molecule has 0 aliphatic carbocycles. The van der Waals surface area contributed by atoms with Gasteiger partial charge in [0, 0.05) is 11.9 Å². The van der Waals surface area contributed by atoms with E-state index >= 15 is 0 Å². The molecule has 6 heteroatoms. The van der Waals surface area contributed by atoms with E-state index in [1.807, 2.05) is 31.1 Å². The summed E-state index contributed by atoms with van der Waals surface area (Å²) in [5, 5.41) is 3.00. The number of ether oxygens (including phenoxy) is 1. The topological polar surface area (TPSA) is 55.6 Å². The zero-order chi connectivity index (χ0) is 15.0. The maximum absolute atomic E-state index is 12.8. The smallest absolute Gasteiger partial charge is 0.258 e. The van der Waals surface area contributed by atoms with Crippen LogP contribution in [0.4, 0.5) is 0 Å². The lowest BCUT2D eigenvalue weighted by Gasteiger charge is -2.34. The lowest BCUT2D eigenvalue weighted by atomic mass is 10.1. The highest BCUT2D eigenvalue weighted by Crippen LogP contribution is 2.28. The quantitative estimate of drug-likeness (QED) is 0.856. The number of morpholine rings is 1. The molecular formula is C15H18N2O3S. The first kappa shape index (κ1) is 14.3. The molecule has 2 aromatic heterocycles. The van der Waals surface area contributed by atoms with Gasteiger partial charge in [0.15, 0.2) is 0 Å². The summed E-state index contributed by atoms with van der Waals surface area (Å²) in [6.45, 7) is 7.26. The Morgan fingerprint density at radius 1 is 1.43 bits per heavy atom. The Kier molecular flexibility index (Phi) is 3.82. The number of rotatable bonds is 2. The van der Waals surface area contributed by atoms with Crippen LogP contribution in [0.2, 0.25) is 0 Å². The minimum absolute atomic E-state index is 0.0108. The lowest BCUT2D eigenvalue weighted by molar-refractivity contribution is -0.00385. The second-order valence-electron chi connectivity index (χ2n) is 5.21. The van der Waals surface area contributed by atoms with Gasteiger partial charge in [-0.15, -0.1) is 11.3 Å². The molecule has 1 aliphatic heterocycles. The van der Waals surface area contributed by atoms with Crippen molar-refractivity contribution in [1.82, 2.24) is 9.88 Å². The summed E-state index contributed by atoms with van der Waals surface area (Å²) in [5.74, 6) is 1.41. The number of amides is 1. The summed E-state index contributed by atoms with van der Waals surface area (Å²) >= 11 is 1.59. The molecule has 3 rings (SSSR count). The van der Waals surface area contributed by atoms with Crippen molar-refractivity contribution in [2.75, 3.05) is 19.8 Å². The molecule has 3 heterocycles. The van der Waals surface area contributed by atoms with Crippen molar-refractivity contribution in [3.63, 3.8) is 0 Å². The summed E-state index contributed by atoms with van der Waals surface area (Å²) in [6.07, 6.45) is 0. The van der Waals surface area contributed by atoms with Crippen LogP contribution >= 0.6 is 11.3 Å². The van der Waals surface area contributed by atoms with Crippen molar-refractivity contribution in [1.29, 1.82) is 0 Å². The maximum atomic E-state index is 12.8. The molecule has 0 bridgehead atoms. The Balaban J connectivity index is 1.90. The average Bonchev–Trinajstić information content (AvgIpc) is 3.04. The molecule has 0 unspecified atom stereocenters. The van der Waals surface area contributed by atoms with Gasteiger partial charge < -0.3 is 14.1 Å². The molecule has 1 saturated heterocycles. The van der Waals surface area contributed by atoms with Crippen molar-refractivity contribution >= 4 is 17.2 Å². The standard InChI is InChI=1S/C15H18N2O3S/c1-9-6-12(10(2)20-9)15(18)17-4-5-19-7-14(17)13-8-21-11(3)16-13/h6,8,14H,4-5,7H2,1-3H3/t14-/m0/s1. The molecule has 1 aliphatic rings. The molecule has 0 aromatic carbocycles. The highest BCUT2D eigenvalue weighted by Gasteiger charge is 2.32. The van der Waals surface area contributed by atoms with Crippen molar-refractivity contribution in [3.8, 4) is 0 Å². The van der Waals surface area contributed by atoms with Crippen molar-refractivity contribution in [2.24, 2.45) is 0 Å². The van der Waals surface area contributed by atoms with Crippen LogP contribution < -0.4 is 0 Å². The van der Waals surface area contributed by atoms with E-state index in [2.05, 4.69) is 4.98 Å². The summed E-state index contributed by atoms with van der Waals surface area (Å²) in [6, 6.07) is 1.68. The molecule has 1 amide bonds. The van der Waals surface area contributed by atoms with Gasteiger partial charge in [-0.2, -0.15) is 0 Å². The van der Waals surface area contributed by atoms with Gasteiger partial charge in [0.2, 0.25) is 0 Å². The minimum atomic E-state index is -0.120. The van der Waals surface area contributed by atoms with Crippen molar-refractivity contribution in [3.05, 3.63) is 39.2 Å². The van der Waals surface area contributed by atoms with Crippen LogP contribution in [-0.2, 0) is 4.74 Å². The van der Waals surface area contributed by atoms with Crippen LogP contribution in [0.25, 0.3) is 0 Å². The van der Waals surface area contributed by atoms with Gasteiger partial charge in [-0.1, -0.05) is 0 Å². The number of carbonyl (C=O) groups excluding carboxylic acids is 1. The highest BCUT2D eigenvalue weighted by molar-refractivity contribution is 7.09. The van der Waals surface area contributed by atoms with Gasteiger partial charge in [0.1, 0.15) is 11.5 Å². The summed E-state index contributed by atoms with van der Waals surface area (Å²) in [5.41, 5.74) is 1.54. The lowest BCUT2D eigenvalue weighted by Crippen LogP contribution is -2.43. The molecule has 0 radical (unpaired) electrons. The largest absolute Gasteiger partial charge is 0.466 e. The van der Waals surface area contributed by atoms with E-state index in [0.29, 0.717) is 31.1 Å². The zero-order valence-electron chi connectivity index (χ0n) is 12.4. The normalized spacial score (nSPS) is 19.0. The molecular weight excluding hydrogens is 288 g/mol. The Morgan fingerprint density at radius 3 is 2.86 bits per heavy atom. The third kappa shape index (κ3) is 2.73. The second-order valence-corrected chi connectivity index (χ2v) is 6.27. The van der Waals surface area contributed by atoms with Gasteiger partial charge in [0.05, 0.1) is 35.5 Å². The van der Waals surface area contributed by atoms with Crippen molar-refractivity contribution < 1.29 is 13.9 Å². The number of carbonyl (C=O) groups is 1. The summed E-state index contributed by atoms with van der Waals surface area (Å²) in [7, 11) is 0. The highest BCUT2D eigenvalue weighted by atomic mass is 32.1. The minimum Gasteiger partial charge on any atom is -0.466 e. The number of hydrogen-bond acceptors (Lipinski definition) is 5. The third-order valence-corrected chi connectivity index (χ3v) is 4.43. The Labute approximate surface area is 127 Å². The number of hydrogen-bond donors (Lipinski definition) is 0. The van der Waals surface area contributed by atoms with Crippen LogP contribution in [0.1, 0.15) is 38.6 Å². The monoisotopic (exact) mass is 306 g/mol. The number of aromatic nitrogens is 1. The SMILES string of the molecule is Cc1cc(C(=O)N2CCOC[C@H]2c2csc(C)n2)c(C)o1. The molecule has 1 atom stereocenters. The van der Waals surface area contributed by atoms with E-state index in [1.165, 1.54) is 0 Å². The van der Waals surface area contributed by atoms with Gasteiger partial charge in [0.25, 0.3) is 5.91 Å². The Bertz CT molecular complexity index is 662. The molecule has 2 aromatic rings. The van der Waals surface area contributed by atoms with Crippen molar-refractivity contribution in [2.45, 2.75) is 26.8 Å². The van der Waals surface area contributed by atoms with Gasteiger partial charge in [-0.25, -0.2) is 4.98 Å². The van der Waals surface area contributed by atoms with Crippen LogP contribution in [0.15, 0.2) is 15.9 Å². The molecule has 21 heavy (non-hydrogen) atoms. The Hall–Kier alpha value is -1.66. The van der Waals surface area contributed by atoms with E-state index in [-0.39, 0.29) is 11.9 Å². The van der Waals surface area contributed by atoms with E-state index in [9.17, 15) is 4.79 Å². The predicted molar refractivity (Wildman–Crippen MR) is 79.6 cm³/mol. The number of furan rings is 1. The molecule has 1 fully saturated rings. The van der Waals surface area contributed by atoms with Gasteiger partial charge in [-0.3, -0.25) is 4.79 Å². The fraction of sp³-hybridized carbons (Fsp3) is 0.467. The van der Waals surface area contributed by atoms with Gasteiger partial charge >= 0.3 is 0 Å². The zero-order valence-corrected chi connectivity index (χ0v) is 13.2. The van der Waals surface area contributed by atoms with E-state index < -0.39 is 0 Å². The summed E-state index contributed by atoms with van der Waals surface area (Å²) < 4.78 is 11.0. The molecule has 0 spiro atoms. The number of thiazole rings is 1. The van der Waals surface area contributed by atoms with Crippen LogP contribution in [0, 0.1) is 20.8 Å². The first-order chi connectivity index (χ1) is 10.1. The Morgan fingerprint density at radius 2 is 2.24 bits per heavy atom. The van der Waals surface area contributed by atoms with E-state index in [0.717, 1.165) is 16.5 Å². The predicted octanol–water partition coefficient (Wildman–Crippen LogP) is 2.88. The first-order valence-corrected chi connectivity index (χ1v) is 7.82. The van der Waals surface area contributed by atoms with Crippen LogP contribution in [0.5, 0.6) is 0 Å². The van der Waals surface area contributed by atoms with Crippen LogP contribution in [0.3, 0.4) is 0 Å². The fourth-order valence-corrected chi connectivity index (χ4v) is 3.28. The van der Waals surface area contributed by atoms with Gasteiger partial charge in [-0.05, 0) is 26.8 Å². The molecule has 0 N–H and O–H groups in total. The second kappa shape index (κ2) is 5.61. The van der Waals surface area contributed by atoms with Crippen LogP contribution in [-0.4, -0.2) is 35.5 Å². The van der Waals surface area contributed by atoms with E-state index in [4.69, 9.17) is 9.15 Å². The molecule has 112 valence electrons. The number of aryl methyl sites for hydroxylation is 3. The molecule has 0 saturated carbocycles. The maximum Gasteiger partial charge on any atom is 0.258 e. The average molecular weight is 306 g/mol. The summed E-state index contributed by atoms with van der Waals surface area (Å²) in [4.78, 5) is 19.2.